The Balaban J connectivity index is 0.00000306. The van der Waals surface area contributed by atoms with Crippen molar-refractivity contribution in [2.75, 3.05) is 0 Å². The van der Waals surface area contributed by atoms with Crippen LogP contribution in [0.5, 0.6) is 11.5 Å². The van der Waals surface area contributed by atoms with Gasteiger partial charge in [0.25, 0.3) is 0 Å². The third-order valence-corrected chi connectivity index (χ3v) is 6.52. The number of hydrogen-bond acceptors (Lipinski definition) is 4. The molecule has 167 valence electrons. The van der Waals surface area contributed by atoms with Crippen LogP contribution in [-0.2, 0) is 10.3 Å². The molecule has 0 aliphatic carbocycles. The molecule has 0 saturated carbocycles. The van der Waals surface area contributed by atoms with Crippen molar-refractivity contribution in [3.05, 3.63) is 93.0 Å². The van der Waals surface area contributed by atoms with Crippen LogP contribution in [0.2, 0.25) is 0 Å². The van der Waals surface area contributed by atoms with Gasteiger partial charge in [-0.25, -0.2) is 4.79 Å². The molecule has 3 aromatic carbocycles. The molecule has 4 rings (SSSR count). The average Bonchev–Trinajstić information content (AvgIpc) is 3.01. The number of cyclic esters (lactones) is 1. The van der Waals surface area contributed by atoms with E-state index >= 15 is 0 Å². The zero-order valence-electron chi connectivity index (χ0n) is 20.5. The van der Waals surface area contributed by atoms with E-state index in [0.717, 1.165) is 38.9 Å². The third-order valence-electron chi connectivity index (χ3n) is 6.52. The van der Waals surface area contributed by atoms with Gasteiger partial charge in [0.15, 0.2) is 5.60 Å². The van der Waals surface area contributed by atoms with Gasteiger partial charge in [0.2, 0.25) is 0 Å². The van der Waals surface area contributed by atoms with Crippen LogP contribution in [0, 0.1) is 13.8 Å². The summed E-state index contributed by atoms with van der Waals surface area (Å²) in [5.41, 5.74) is 5.03. The zero-order chi connectivity index (χ0) is 23.4. The number of carbonyl (C=O) groups is 1. The molecule has 0 saturated heterocycles. The SMILES string of the molecule is Cc1cc(O)c(C(C)C)cc1C1(c2cc(C(C)C)c(O)cc2C)OC(=O)c2ccccc21.[Na]. The van der Waals surface area contributed by atoms with E-state index in [0.29, 0.717) is 5.56 Å². The van der Waals surface area contributed by atoms with E-state index in [1.54, 1.807) is 18.2 Å². The van der Waals surface area contributed by atoms with Crippen LogP contribution >= 0.6 is 0 Å². The van der Waals surface area contributed by atoms with Gasteiger partial charge in [-0.2, -0.15) is 0 Å². The predicted octanol–water partition coefficient (Wildman–Crippen LogP) is 6.04. The van der Waals surface area contributed by atoms with Crippen LogP contribution in [0.1, 0.15) is 88.8 Å². The molecule has 1 radical (unpaired) electrons. The maximum absolute atomic E-state index is 13.1. The number of hydrogen-bond donors (Lipinski definition) is 2. The van der Waals surface area contributed by atoms with E-state index in [2.05, 4.69) is 0 Å². The first-order valence-electron chi connectivity index (χ1n) is 11.1. The van der Waals surface area contributed by atoms with Crippen molar-refractivity contribution >= 4 is 35.5 Å². The summed E-state index contributed by atoms with van der Waals surface area (Å²) in [5, 5.41) is 21.2. The summed E-state index contributed by atoms with van der Waals surface area (Å²) in [6.45, 7) is 12.0. The minimum Gasteiger partial charge on any atom is -0.508 e. The van der Waals surface area contributed by atoms with Crippen molar-refractivity contribution in [1.29, 1.82) is 0 Å². The molecule has 4 nitrogen and oxygen atoms in total. The molecule has 0 atom stereocenters. The molecule has 0 bridgehead atoms. The van der Waals surface area contributed by atoms with Gasteiger partial charge in [-0.05, 0) is 78.3 Å². The van der Waals surface area contributed by atoms with E-state index < -0.39 is 5.60 Å². The summed E-state index contributed by atoms with van der Waals surface area (Å²) in [6, 6.07) is 14.9. The zero-order valence-corrected chi connectivity index (χ0v) is 22.5. The molecular formula is C28H30NaO4. The number of phenolic OH excluding ortho intramolecular Hbond substituents is 2. The molecule has 1 heterocycles. The molecule has 1 aliphatic heterocycles. The second-order valence-electron chi connectivity index (χ2n) is 9.38. The standard InChI is InChI=1S/C28H30O4.Na/c1-15(2)20-13-23(17(5)11-25(20)29)28(22-10-8-7-9-19(22)27(31)32-28)24-14-21(16(3)4)26(30)12-18(24)6;/h7-16,29-30H,1-6H3;. The van der Waals surface area contributed by atoms with Crippen molar-refractivity contribution in [3.63, 3.8) is 0 Å². The van der Waals surface area contributed by atoms with Crippen molar-refractivity contribution in [2.45, 2.75) is 59.0 Å². The summed E-state index contributed by atoms with van der Waals surface area (Å²) in [6.07, 6.45) is 0. The average molecular weight is 454 g/mol. The number of esters is 1. The molecule has 2 N–H and O–H groups in total. The number of benzene rings is 3. The van der Waals surface area contributed by atoms with Crippen LogP contribution in [-0.4, -0.2) is 45.7 Å². The van der Waals surface area contributed by atoms with Gasteiger partial charge in [0, 0.05) is 46.2 Å². The van der Waals surface area contributed by atoms with E-state index in [1.807, 2.05) is 71.9 Å². The number of ether oxygens (including phenoxy) is 1. The van der Waals surface area contributed by atoms with Gasteiger partial charge in [0.05, 0.1) is 5.56 Å². The first-order valence-corrected chi connectivity index (χ1v) is 11.1. The summed E-state index contributed by atoms with van der Waals surface area (Å²) in [4.78, 5) is 13.1. The molecule has 0 fully saturated rings. The Bertz CT molecular complexity index is 1160. The van der Waals surface area contributed by atoms with Crippen molar-refractivity contribution in [2.24, 2.45) is 0 Å². The Labute approximate surface area is 217 Å². The first-order chi connectivity index (χ1) is 15.1. The third kappa shape index (κ3) is 3.99. The van der Waals surface area contributed by atoms with Gasteiger partial charge in [0.1, 0.15) is 11.5 Å². The van der Waals surface area contributed by atoms with Gasteiger partial charge in [-0.3, -0.25) is 0 Å². The summed E-state index contributed by atoms with van der Waals surface area (Å²) < 4.78 is 6.30. The van der Waals surface area contributed by atoms with E-state index in [-0.39, 0.29) is 58.9 Å². The van der Waals surface area contributed by atoms with Crippen LogP contribution < -0.4 is 0 Å². The van der Waals surface area contributed by atoms with Crippen LogP contribution in [0.25, 0.3) is 0 Å². The second-order valence-corrected chi connectivity index (χ2v) is 9.38. The molecule has 5 heteroatoms. The molecule has 0 unspecified atom stereocenters. The Kier molecular flexibility index (Phi) is 7.05. The van der Waals surface area contributed by atoms with Crippen molar-refractivity contribution in [1.82, 2.24) is 0 Å². The molecule has 33 heavy (non-hydrogen) atoms. The Hall–Kier alpha value is -2.27. The summed E-state index contributed by atoms with van der Waals surface area (Å²) in [7, 11) is 0. The van der Waals surface area contributed by atoms with E-state index in [1.165, 1.54) is 0 Å². The minimum absolute atomic E-state index is 0. The Morgan fingerprint density at radius 1 is 0.758 bits per heavy atom. The maximum atomic E-state index is 13.1. The number of phenols is 2. The molecule has 3 aromatic rings. The minimum atomic E-state index is -1.17. The largest absolute Gasteiger partial charge is 0.508 e. The molecular weight excluding hydrogens is 423 g/mol. The van der Waals surface area contributed by atoms with Crippen LogP contribution in [0.4, 0.5) is 0 Å². The number of rotatable bonds is 4. The quantitative estimate of drug-likeness (QED) is 0.373. The number of carbonyl (C=O) groups excluding carboxylic acids is 1. The van der Waals surface area contributed by atoms with E-state index in [9.17, 15) is 15.0 Å². The van der Waals surface area contributed by atoms with Crippen molar-refractivity contribution < 1.29 is 19.7 Å². The van der Waals surface area contributed by atoms with E-state index in [4.69, 9.17) is 4.74 Å². The number of aromatic hydroxyl groups is 2. The Morgan fingerprint density at radius 3 is 1.67 bits per heavy atom. The molecule has 1 aliphatic rings. The molecule has 0 spiro atoms. The van der Waals surface area contributed by atoms with Crippen molar-refractivity contribution in [3.8, 4) is 11.5 Å². The van der Waals surface area contributed by atoms with Crippen LogP contribution in [0.3, 0.4) is 0 Å². The van der Waals surface area contributed by atoms with Gasteiger partial charge in [-0.15, -0.1) is 0 Å². The molecule has 0 amide bonds. The number of fused-ring (bicyclic) bond motifs is 1. The van der Waals surface area contributed by atoms with Gasteiger partial charge in [-0.1, -0.05) is 45.9 Å². The fourth-order valence-electron chi connectivity index (χ4n) is 4.86. The topological polar surface area (TPSA) is 66.8 Å². The smallest absolute Gasteiger partial charge is 0.340 e. The normalized spacial score (nSPS) is 14.2. The fourth-order valence-corrected chi connectivity index (χ4v) is 4.86. The summed E-state index contributed by atoms with van der Waals surface area (Å²) in [5.74, 6) is 0.271. The van der Waals surface area contributed by atoms with Gasteiger partial charge >= 0.3 is 5.97 Å². The van der Waals surface area contributed by atoms with Crippen LogP contribution in [0.15, 0.2) is 48.5 Å². The first kappa shape index (κ1) is 25.4. The predicted molar refractivity (Wildman–Crippen MR) is 131 cm³/mol. The summed E-state index contributed by atoms with van der Waals surface area (Å²) >= 11 is 0. The maximum Gasteiger partial charge on any atom is 0.340 e. The second kappa shape index (κ2) is 9.17. The fraction of sp³-hybridized carbons (Fsp3) is 0.321. The Morgan fingerprint density at radius 2 is 1.21 bits per heavy atom. The van der Waals surface area contributed by atoms with Gasteiger partial charge < -0.3 is 14.9 Å². The number of aryl methyl sites for hydroxylation is 2. The monoisotopic (exact) mass is 453 g/mol. The molecule has 0 aromatic heterocycles.